The quantitative estimate of drug-likeness (QED) is 0.797. The van der Waals surface area contributed by atoms with Crippen molar-refractivity contribution in [1.29, 1.82) is 0 Å². The van der Waals surface area contributed by atoms with Crippen molar-refractivity contribution in [3.63, 3.8) is 0 Å². The zero-order valence-electron chi connectivity index (χ0n) is 11.9. The second-order valence-corrected chi connectivity index (χ2v) is 4.87. The van der Waals surface area contributed by atoms with Gasteiger partial charge in [-0.25, -0.2) is 8.78 Å². The van der Waals surface area contributed by atoms with Crippen LogP contribution in [0.2, 0.25) is 0 Å². The minimum Gasteiger partial charge on any atom is -0.356 e. The van der Waals surface area contributed by atoms with E-state index in [1.165, 1.54) is 30.3 Å². The molecule has 3 rings (SSSR count). The van der Waals surface area contributed by atoms with E-state index >= 15 is 0 Å². The molecule has 0 atom stereocenters. The summed E-state index contributed by atoms with van der Waals surface area (Å²) >= 11 is 0. The number of carbonyl (C=O) groups excluding carboxylic acids is 1. The molecule has 6 heteroatoms. The maximum Gasteiger partial charge on any atom is 0.230 e. The summed E-state index contributed by atoms with van der Waals surface area (Å²) in [4.78, 5) is 11.9. The molecular formula is C17H12F2N2O2. The smallest absolute Gasteiger partial charge is 0.230 e. The SMILES string of the molecule is O=C(Cc1cc(-c2ccccc2F)on1)Nc1ccccc1F. The molecule has 0 saturated carbocycles. The van der Waals surface area contributed by atoms with E-state index in [4.69, 9.17) is 4.52 Å². The van der Waals surface area contributed by atoms with Crippen LogP contribution in [-0.2, 0) is 11.2 Å². The first-order valence-corrected chi connectivity index (χ1v) is 6.88. The molecule has 0 aliphatic carbocycles. The van der Waals surface area contributed by atoms with Gasteiger partial charge in [-0.05, 0) is 24.3 Å². The third kappa shape index (κ3) is 3.42. The Bertz CT molecular complexity index is 846. The number of para-hydroxylation sites is 1. The van der Waals surface area contributed by atoms with Gasteiger partial charge in [-0.3, -0.25) is 4.79 Å². The van der Waals surface area contributed by atoms with Crippen molar-refractivity contribution in [3.8, 4) is 11.3 Å². The molecule has 0 aliphatic heterocycles. The van der Waals surface area contributed by atoms with E-state index in [1.54, 1.807) is 24.3 Å². The molecule has 0 bridgehead atoms. The van der Waals surface area contributed by atoms with Crippen LogP contribution < -0.4 is 5.32 Å². The molecule has 1 heterocycles. The van der Waals surface area contributed by atoms with Crippen LogP contribution in [0.15, 0.2) is 59.1 Å². The van der Waals surface area contributed by atoms with Crippen molar-refractivity contribution in [2.75, 3.05) is 5.32 Å². The van der Waals surface area contributed by atoms with Gasteiger partial charge in [-0.1, -0.05) is 29.4 Å². The van der Waals surface area contributed by atoms with E-state index < -0.39 is 17.5 Å². The van der Waals surface area contributed by atoms with Gasteiger partial charge >= 0.3 is 0 Å². The van der Waals surface area contributed by atoms with Crippen molar-refractivity contribution in [1.82, 2.24) is 5.16 Å². The standard InChI is InChI=1S/C17H12F2N2O2/c18-13-6-2-1-5-12(13)16-9-11(21-23-16)10-17(22)20-15-8-4-3-7-14(15)19/h1-9H,10H2,(H,20,22). The first-order valence-electron chi connectivity index (χ1n) is 6.88. The van der Waals surface area contributed by atoms with Crippen LogP contribution in [0.4, 0.5) is 14.5 Å². The lowest BCUT2D eigenvalue weighted by atomic mass is 10.1. The molecule has 1 aromatic heterocycles. The van der Waals surface area contributed by atoms with Gasteiger partial charge in [-0.2, -0.15) is 0 Å². The third-order valence-corrected chi connectivity index (χ3v) is 3.19. The highest BCUT2D eigenvalue weighted by atomic mass is 19.1. The largest absolute Gasteiger partial charge is 0.356 e. The lowest BCUT2D eigenvalue weighted by Crippen LogP contribution is -2.15. The van der Waals surface area contributed by atoms with E-state index in [-0.39, 0.29) is 23.4 Å². The van der Waals surface area contributed by atoms with Crippen molar-refractivity contribution in [2.24, 2.45) is 0 Å². The molecule has 0 aliphatic rings. The average Bonchev–Trinajstić information content (AvgIpc) is 2.98. The fraction of sp³-hybridized carbons (Fsp3) is 0.0588. The topological polar surface area (TPSA) is 55.1 Å². The number of aromatic nitrogens is 1. The van der Waals surface area contributed by atoms with E-state index in [0.29, 0.717) is 5.69 Å². The van der Waals surface area contributed by atoms with Gasteiger partial charge < -0.3 is 9.84 Å². The monoisotopic (exact) mass is 314 g/mol. The summed E-state index contributed by atoms with van der Waals surface area (Å²) in [6.45, 7) is 0. The minimum atomic E-state index is -0.520. The number of hydrogen-bond donors (Lipinski definition) is 1. The van der Waals surface area contributed by atoms with Gasteiger partial charge in [0.05, 0.1) is 23.4 Å². The van der Waals surface area contributed by atoms with Gasteiger partial charge in [0.15, 0.2) is 5.76 Å². The summed E-state index contributed by atoms with van der Waals surface area (Å²) in [5, 5.41) is 6.19. The van der Waals surface area contributed by atoms with E-state index in [1.807, 2.05) is 0 Å². The lowest BCUT2D eigenvalue weighted by molar-refractivity contribution is -0.115. The maximum absolute atomic E-state index is 13.7. The van der Waals surface area contributed by atoms with Gasteiger partial charge in [0, 0.05) is 6.07 Å². The van der Waals surface area contributed by atoms with Crippen LogP contribution in [0.25, 0.3) is 11.3 Å². The Hall–Kier alpha value is -3.02. The summed E-state index contributed by atoms with van der Waals surface area (Å²) in [5.74, 6) is -1.17. The summed E-state index contributed by atoms with van der Waals surface area (Å²) in [7, 11) is 0. The highest BCUT2D eigenvalue weighted by Gasteiger charge is 2.14. The number of hydrogen-bond acceptors (Lipinski definition) is 3. The van der Waals surface area contributed by atoms with Gasteiger partial charge in [0.2, 0.25) is 5.91 Å². The van der Waals surface area contributed by atoms with Gasteiger partial charge in [-0.15, -0.1) is 0 Å². The molecule has 116 valence electrons. The second-order valence-electron chi connectivity index (χ2n) is 4.87. The Morgan fingerprint density at radius 3 is 2.48 bits per heavy atom. The zero-order valence-corrected chi connectivity index (χ0v) is 11.9. The number of halogens is 2. The molecule has 0 spiro atoms. The minimum absolute atomic E-state index is 0.0929. The summed E-state index contributed by atoms with van der Waals surface area (Å²) < 4.78 is 32.2. The number of benzene rings is 2. The van der Waals surface area contributed by atoms with Crippen molar-refractivity contribution < 1.29 is 18.1 Å². The van der Waals surface area contributed by atoms with Crippen LogP contribution >= 0.6 is 0 Å². The second kappa shape index (κ2) is 6.39. The molecule has 3 aromatic rings. The van der Waals surface area contributed by atoms with Crippen LogP contribution in [0, 0.1) is 11.6 Å². The number of nitrogens with one attached hydrogen (secondary N) is 1. The number of anilines is 1. The summed E-state index contributed by atoms with van der Waals surface area (Å²) in [5.41, 5.74) is 0.688. The Labute approximate surface area is 130 Å². The predicted molar refractivity (Wildman–Crippen MR) is 80.6 cm³/mol. The van der Waals surface area contributed by atoms with Crippen molar-refractivity contribution in [3.05, 3.63) is 71.9 Å². The highest BCUT2D eigenvalue weighted by Crippen LogP contribution is 2.23. The Kier molecular flexibility index (Phi) is 4.14. The predicted octanol–water partition coefficient (Wildman–Crippen LogP) is 3.80. The van der Waals surface area contributed by atoms with Crippen LogP contribution in [0.1, 0.15) is 5.69 Å². The summed E-state index contributed by atoms with van der Waals surface area (Å²) in [6.07, 6.45) is -0.105. The Morgan fingerprint density at radius 1 is 1.04 bits per heavy atom. The van der Waals surface area contributed by atoms with Crippen molar-refractivity contribution in [2.45, 2.75) is 6.42 Å². The number of nitrogens with zero attached hydrogens (tertiary/aromatic N) is 1. The molecule has 0 fully saturated rings. The van der Waals surface area contributed by atoms with E-state index in [2.05, 4.69) is 10.5 Å². The van der Waals surface area contributed by atoms with Crippen LogP contribution in [-0.4, -0.2) is 11.1 Å². The highest BCUT2D eigenvalue weighted by molar-refractivity contribution is 5.92. The van der Waals surface area contributed by atoms with Gasteiger partial charge in [0.1, 0.15) is 11.6 Å². The molecular weight excluding hydrogens is 302 g/mol. The number of carbonyl (C=O) groups is 1. The normalized spacial score (nSPS) is 10.5. The molecule has 0 unspecified atom stereocenters. The number of amides is 1. The number of rotatable bonds is 4. The van der Waals surface area contributed by atoms with E-state index in [9.17, 15) is 13.6 Å². The maximum atomic E-state index is 13.7. The molecule has 0 radical (unpaired) electrons. The molecule has 0 saturated heterocycles. The lowest BCUT2D eigenvalue weighted by Gasteiger charge is -2.04. The Balaban J connectivity index is 1.71. The van der Waals surface area contributed by atoms with E-state index in [0.717, 1.165) is 0 Å². The van der Waals surface area contributed by atoms with Gasteiger partial charge in [0.25, 0.3) is 0 Å². The van der Waals surface area contributed by atoms with Crippen LogP contribution in [0.5, 0.6) is 0 Å². The third-order valence-electron chi connectivity index (χ3n) is 3.19. The molecule has 4 nitrogen and oxygen atoms in total. The summed E-state index contributed by atoms with van der Waals surface area (Å²) in [6, 6.07) is 13.4. The molecule has 23 heavy (non-hydrogen) atoms. The Morgan fingerprint density at radius 2 is 1.74 bits per heavy atom. The zero-order chi connectivity index (χ0) is 16.2. The molecule has 2 aromatic carbocycles. The first kappa shape index (κ1) is 14.9. The van der Waals surface area contributed by atoms with Crippen molar-refractivity contribution >= 4 is 11.6 Å². The molecule has 1 amide bonds. The average molecular weight is 314 g/mol. The first-order chi connectivity index (χ1) is 11.1. The fourth-order valence-corrected chi connectivity index (χ4v) is 2.10. The van der Waals surface area contributed by atoms with Crippen LogP contribution in [0.3, 0.4) is 0 Å². The molecule has 1 N–H and O–H groups in total. The fourth-order valence-electron chi connectivity index (χ4n) is 2.10.